The van der Waals surface area contributed by atoms with Crippen LogP contribution in [-0.2, 0) is 11.3 Å². The number of nitrogens with one attached hydrogen (secondary N) is 1. The predicted molar refractivity (Wildman–Crippen MR) is 113 cm³/mol. The van der Waals surface area contributed by atoms with Crippen molar-refractivity contribution in [2.75, 3.05) is 5.32 Å². The average Bonchev–Trinajstić information content (AvgIpc) is 3.06. The highest BCUT2D eigenvalue weighted by Gasteiger charge is 2.21. The molecule has 146 valence electrons. The molecule has 3 rings (SSSR count). The Labute approximate surface area is 169 Å². The van der Waals surface area contributed by atoms with Crippen LogP contribution in [0.25, 0.3) is 11.4 Å². The van der Waals surface area contributed by atoms with E-state index in [4.69, 9.17) is 0 Å². The Morgan fingerprint density at radius 1 is 1.14 bits per heavy atom. The molecule has 7 heteroatoms. The van der Waals surface area contributed by atoms with Gasteiger partial charge in [-0.2, -0.15) is 0 Å². The van der Waals surface area contributed by atoms with Gasteiger partial charge in [0.1, 0.15) is 0 Å². The van der Waals surface area contributed by atoms with Gasteiger partial charge in [0.05, 0.1) is 5.25 Å². The van der Waals surface area contributed by atoms with Crippen molar-refractivity contribution in [3.05, 3.63) is 54.4 Å². The van der Waals surface area contributed by atoms with E-state index in [1.165, 1.54) is 11.8 Å². The van der Waals surface area contributed by atoms with Gasteiger partial charge in [-0.05, 0) is 44.0 Å². The lowest BCUT2D eigenvalue weighted by Crippen LogP contribution is -2.23. The Morgan fingerprint density at radius 3 is 2.54 bits per heavy atom. The van der Waals surface area contributed by atoms with Gasteiger partial charge in [0, 0.05) is 30.2 Å². The van der Waals surface area contributed by atoms with Crippen LogP contribution in [-0.4, -0.2) is 30.9 Å². The van der Waals surface area contributed by atoms with E-state index in [9.17, 15) is 4.79 Å². The first-order valence-corrected chi connectivity index (χ1v) is 10.2. The highest BCUT2D eigenvalue weighted by molar-refractivity contribution is 8.00. The highest BCUT2D eigenvalue weighted by atomic mass is 32.2. The minimum atomic E-state index is -0.307. The fourth-order valence-corrected chi connectivity index (χ4v) is 3.57. The molecular weight excluding hydrogens is 370 g/mol. The average molecular weight is 396 g/mol. The van der Waals surface area contributed by atoms with E-state index >= 15 is 0 Å². The number of aryl methyl sites for hydroxylation is 1. The van der Waals surface area contributed by atoms with Gasteiger partial charge in [-0.1, -0.05) is 43.3 Å². The first-order chi connectivity index (χ1) is 13.4. The molecule has 1 N–H and O–H groups in total. The molecule has 1 amide bonds. The van der Waals surface area contributed by atoms with E-state index in [-0.39, 0.29) is 11.2 Å². The number of anilines is 1. The molecule has 0 aliphatic carbocycles. The van der Waals surface area contributed by atoms with Gasteiger partial charge in [-0.15, -0.1) is 10.2 Å². The maximum absolute atomic E-state index is 12.6. The predicted octanol–water partition coefficient (Wildman–Crippen LogP) is 4.42. The van der Waals surface area contributed by atoms with Crippen LogP contribution >= 0.6 is 11.8 Å². The topological polar surface area (TPSA) is 72.7 Å². The molecule has 0 fully saturated rings. The van der Waals surface area contributed by atoms with Crippen LogP contribution in [0.2, 0.25) is 0 Å². The summed E-state index contributed by atoms with van der Waals surface area (Å²) in [5.74, 6) is 1.13. The van der Waals surface area contributed by atoms with Crippen LogP contribution in [0, 0.1) is 12.8 Å². The van der Waals surface area contributed by atoms with E-state index in [1.54, 1.807) is 12.4 Å². The molecule has 2 heterocycles. The van der Waals surface area contributed by atoms with Crippen molar-refractivity contribution in [2.24, 2.45) is 5.92 Å². The molecule has 0 spiro atoms. The number of carbonyl (C=O) groups is 1. The van der Waals surface area contributed by atoms with Crippen LogP contribution in [0.4, 0.5) is 5.69 Å². The van der Waals surface area contributed by atoms with Crippen LogP contribution in [0.5, 0.6) is 0 Å². The summed E-state index contributed by atoms with van der Waals surface area (Å²) in [4.78, 5) is 16.8. The monoisotopic (exact) mass is 395 g/mol. The van der Waals surface area contributed by atoms with Crippen LogP contribution in [0.15, 0.2) is 53.9 Å². The van der Waals surface area contributed by atoms with E-state index in [2.05, 4.69) is 38.9 Å². The summed E-state index contributed by atoms with van der Waals surface area (Å²) in [7, 11) is 0. The zero-order chi connectivity index (χ0) is 20.1. The molecule has 0 aliphatic heterocycles. The Hall–Kier alpha value is -2.67. The number of amides is 1. The van der Waals surface area contributed by atoms with Crippen molar-refractivity contribution in [2.45, 2.75) is 44.6 Å². The molecular formula is C21H25N5OS. The van der Waals surface area contributed by atoms with Crippen molar-refractivity contribution in [3.8, 4) is 11.4 Å². The Kier molecular flexibility index (Phi) is 6.46. The van der Waals surface area contributed by atoms with Crippen molar-refractivity contribution < 1.29 is 4.79 Å². The standard InChI is InChI=1S/C21H25N5OS/c1-14(2)13-26-19(17-6-5-11-22-12-17)24-25-21(26)28-16(4)20(27)23-18-9-7-15(3)8-10-18/h5-12,14,16H,13H2,1-4H3,(H,23,27)/t16-/m0/s1. The number of hydrogen-bond acceptors (Lipinski definition) is 5. The van der Waals surface area contributed by atoms with Crippen LogP contribution < -0.4 is 5.32 Å². The second-order valence-electron chi connectivity index (χ2n) is 7.17. The SMILES string of the molecule is Cc1ccc(NC(=O)[C@H](C)Sc2nnc(-c3cccnc3)n2CC(C)C)cc1. The minimum absolute atomic E-state index is 0.0594. The molecule has 0 saturated carbocycles. The summed E-state index contributed by atoms with van der Waals surface area (Å²) in [6, 6.07) is 11.6. The maximum Gasteiger partial charge on any atom is 0.237 e. The van der Waals surface area contributed by atoms with Gasteiger partial charge in [0.25, 0.3) is 0 Å². The van der Waals surface area contributed by atoms with Crippen molar-refractivity contribution in [1.29, 1.82) is 0 Å². The minimum Gasteiger partial charge on any atom is -0.325 e. The molecule has 1 aromatic carbocycles. The number of rotatable bonds is 7. The number of benzene rings is 1. The van der Waals surface area contributed by atoms with Gasteiger partial charge in [-0.25, -0.2) is 0 Å². The molecule has 0 bridgehead atoms. The smallest absolute Gasteiger partial charge is 0.237 e. The fourth-order valence-electron chi connectivity index (χ4n) is 2.71. The molecule has 1 atom stereocenters. The van der Waals surface area contributed by atoms with E-state index in [0.717, 1.165) is 34.3 Å². The third kappa shape index (κ3) is 4.98. The van der Waals surface area contributed by atoms with E-state index < -0.39 is 0 Å². The van der Waals surface area contributed by atoms with Gasteiger partial charge in [0.2, 0.25) is 5.91 Å². The molecule has 0 unspecified atom stereocenters. The third-order valence-corrected chi connectivity index (χ3v) is 5.24. The summed E-state index contributed by atoms with van der Waals surface area (Å²) in [5.41, 5.74) is 2.87. The lowest BCUT2D eigenvalue weighted by Gasteiger charge is -2.15. The molecule has 3 aromatic rings. The molecule has 2 aromatic heterocycles. The summed E-state index contributed by atoms with van der Waals surface area (Å²) < 4.78 is 2.07. The quantitative estimate of drug-likeness (QED) is 0.599. The van der Waals surface area contributed by atoms with Gasteiger partial charge >= 0.3 is 0 Å². The van der Waals surface area contributed by atoms with Crippen LogP contribution in [0.1, 0.15) is 26.3 Å². The Morgan fingerprint density at radius 2 is 1.89 bits per heavy atom. The van der Waals surface area contributed by atoms with Crippen LogP contribution in [0.3, 0.4) is 0 Å². The second-order valence-corrected chi connectivity index (χ2v) is 8.48. The Bertz CT molecular complexity index is 922. The van der Waals surface area contributed by atoms with Gasteiger partial charge in [0.15, 0.2) is 11.0 Å². The largest absolute Gasteiger partial charge is 0.325 e. The number of nitrogens with zero attached hydrogens (tertiary/aromatic N) is 4. The number of pyridine rings is 1. The van der Waals surface area contributed by atoms with Gasteiger partial charge < -0.3 is 9.88 Å². The summed E-state index contributed by atoms with van der Waals surface area (Å²) >= 11 is 1.42. The number of hydrogen-bond donors (Lipinski definition) is 1. The molecule has 6 nitrogen and oxygen atoms in total. The second kappa shape index (κ2) is 9.01. The number of aromatic nitrogens is 4. The van der Waals surface area contributed by atoms with Crippen molar-refractivity contribution in [3.63, 3.8) is 0 Å². The normalized spacial score (nSPS) is 12.2. The molecule has 0 radical (unpaired) electrons. The number of thioether (sulfide) groups is 1. The molecule has 0 aliphatic rings. The molecule has 0 saturated heterocycles. The van der Waals surface area contributed by atoms with Crippen molar-refractivity contribution >= 4 is 23.4 Å². The summed E-state index contributed by atoms with van der Waals surface area (Å²) in [6.45, 7) is 8.97. The Balaban J connectivity index is 1.78. The van der Waals surface area contributed by atoms with Crippen molar-refractivity contribution in [1.82, 2.24) is 19.7 Å². The van der Waals surface area contributed by atoms with E-state index in [1.807, 2.05) is 50.2 Å². The lowest BCUT2D eigenvalue weighted by molar-refractivity contribution is -0.115. The fraction of sp³-hybridized carbons (Fsp3) is 0.333. The first-order valence-electron chi connectivity index (χ1n) is 9.32. The molecule has 28 heavy (non-hydrogen) atoms. The highest BCUT2D eigenvalue weighted by Crippen LogP contribution is 2.28. The van der Waals surface area contributed by atoms with Gasteiger partial charge in [-0.3, -0.25) is 9.78 Å². The lowest BCUT2D eigenvalue weighted by atomic mass is 10.2. The summed E-state index contributed by atoms with van der Waals surface area (Å²) in [6.07, 6.45) is 3.52. The first kappa shape index (κ1) is 20.1. The van der Waals surface area contributed by atoms with E-state index in [0.29, 0.717) is 5.92 Å². The zero-order valence-electron chi connectivity index (χ0n) is 16.6. The zero-order valence-corrected chi connectivity index (χ0v) is 17.4. The maximum atomic E-state index is 12.6. The summed E-state index contributed by atoms with van der Waals surface area (Å²) in [5, 5.41) is 12.1. The third-order valence-electron chi connectivity index (χ3n) is 4.15. The number of carbonyl (C=O) groups excluding carboxylic acids is 1.